The monoisotopic (exact) mass is 383 g/mol. The van der Waals surface area contributed by atoms with Crippen molar-refractivity contribution in [1.82, 2.24) is 20.3 Å². The number of fused-ring (bicyclic) bond motifs is 1. The number of H-pyrrole nitrogens is 1. The minimum atomic E-state index is 1.01. The first kappa shape index (κ1) is 17.9. The third-order valence-electron chi connectivity index (χ3n) is 5.75. The van der Waals surface area contributed by atoms with Crippen molar-refractivity contribution >= 4 is 16.7 Å². The van der Waals surface area contributed by atoms with Gasteiger partial charge in [-0.2, -0.15) is 0 Å². The fourth-order valence-corrected chi connectivity index (χ4v) is 4.14. The van der Waals surface area contributed by atoms with E-state index in [9.17, 15) is 0 Å². The number of aryl methyl sites for hydroxylation is 2. The molecule has 29 heavy (non-hydrogen) atoms. The van der Waals surface area contributed by atoms with Gasteiger partial charge in [0.05, 0.1) is 16.7 Å². The maximum atomic E-state index is 4.76. The Morgan fingerprint density at radius 3 is 2.41 bits per heavy atom. The van der Waals surface area contributed by atoms with Crippen molar-refractivity contribution < 1.29 is 0 Å². The molecule has 1 fully saturated rings. The minimum Gasteiger partial charge on any atom is -0.369 e. The molecule has 2 N–H and O–H groups in total. The van der Waals surface area contributed by atoms with Crippen molar-refractivity contribution in [2.75, 3.05) is 31.1 Å². The Labute approximate surface area is 170 Å². The number of rotatable bonds is 3. The van der Waals surface area contributed by atoms with Crippen LogP contribution in [0.5, 0.6) is 0 Å². The molecule has 0 atom stereocenters. The van der Waals surface area contributed by atoms with Crippen LogP contribution in [0.4, 0.5) is 5.69 Å². The van der Waals surface area contributed by atoms with E-state index in [1.165, 1.54) is 16.8 Å². The zero-order chi connectivity index (χ0) is 19.8. The summed E-state index contributed by atoms with van der Waals surface area (Å²) in [5, 5.41) is 3.41. The Kier molecular flexibility index (Phi) is 4.52. The molecule has 5 rings (SSSR count). The summed E-state index contributed by atoms with van der Waals surface area (Å²) >= 11 is 0. The van der Waals surface area contributed by atoms with Gasteiger partial charge in [0.25, 0.3) is 0 Å². The number of pyridine rings is 2. The molecule has 1 aliphatic heterocycles. The lowest BCUT2D eigenvalue weighted by atomic mass is 10.1. The minimum absolute atomic E-state index is 1.01. The van der Waals surface area contributed by atoms with Crippen molar-refractivity contribution in [3.8, 4) is 22.4 Å². The summed E-state index contributed by atoms with van der Waals surface area (Å²) in [7, 11) is 0. The van der Waals surface area contributed by atoms with Crippen LogP contribution in [0.3, 0.4) is 0 Å². The molecule has 4 heterocycles. The summed E-state index contributed by atoms with van der Waals surface area (Å²) in [6.07, 6.45) is 3.80. The summed E-state index contributed by atoms with van der Waals surface area (Å²) in [5.41, 5.74) is 10.2. The summed E-state index contributed by atoms with van der Waals surface area (Å²) in [6.45, 7) is 8.37. The van der Waals surface area contributed by atoms with E-state index in [2.05, 4.69) is 63.5 Å². The number of aromatic nitrogens is 3. The first-order valence-corrected chi connectivity index (χ1v) is 10.2. The third kappa shape index (κ3) is 3.38. The smallest absolute Gasteiger partial charge is 0.0914 e. The van der Waals surface area contributed by atoms with Gasteiger partial charge in [0.15, 0.2) is 0 Å². The molecule has 0 radical (unpaired) electrons. The van der Waals surface area contributed by atoms with E-state index in [1.54, 1.807) is 0 Å². The van der Waals surface area contributed by atoms with Gasteiger partial charge in [-0.3, -0.25) is 9.97 Å². The van der Waals surface area contributed by atoms with Crippen molar-refractivity contribution in [1.29, 1.82) is 0 Å². The average Bonchev–Trinajstić information content (AvgIpc) is 3.10. The molecule has 0 bridgehead atoms. The van der Waals surface area contributed by atoms with Crippen molar-refractivity contribution in [2.24, 2.45) is 0 Å². The second-order valence-electron chi connectivity index (χ2n) is 7.71. The van der Waals surface area contributed by atoms with Crippen LogP contribution in [-0.4, -0.2) is 41.1 Å². The van der Waals surface area contributed by atoms with Crippen LogP contribution in [0.15, 0.2) is 54.9 Å². The van der Waals surface area contributed by atoms with Crippen LogP contribution in [0.1, 0.15) is 11.3 Å². The summed E-state index contributed by atoms with van der Waals surface area (Å²) < 4.78 is 0. The van der Waals surface area contributed by atoms with Gasteiger partial charge in [0, 0.05) is 61.1 Å². The molecule has 3 aromatic heterocycles. The van der Waals surface area contributed by atoms with E-state index in [4.69, 9.17) is 4.98 Å². The van der Waals surface area contributed by atoms with E-state index in [1.807, 2.05) is 25.4 Å². The molecule has 1 aliphatic rings. The molecule has 0 spiro atoms. The first-order chi connectivity index (χ1) is 14.2. The van der Waals surface area contributed by atoms with Gasteiger partial charge >= 0.3 is 0 Å². The molecule has 0 unspecified atom stereocenters. The molecule has 0 aliphatic carbocycles. The van der Waals surface area contributed by atoms with Gasteiger partial charge < -0.3 is 15.2 Å². The Morgan fingerprint density at radius 2 is 1.66 bits per heavy atom. The quantitative estimate of drug-likeness (QED) is 0.553. The highest BCUT2D eigenvalue weighted by molar-refractivity contribution is 5.90. The third-order valence-corrected chi connectivity index (χ3v) is 5.75. The second kappa shape index (κ2) is 7.33. The van der Waals surface area contributed by atoms with Crippen LogP contribution in [0.25, 0.3) is 33.4 Å². The zero-order valence-electron chi connectivity index (χ0n) is 16.9. The number of nitrogens with zero attached hydrogens (tertiary/aromatic N) is 3. The largest absolute Gasteiger partial charge is 0.369 e. The van der Waals surface area contributed by atoms with Crippen LogP contribution in [0.2, 0.25) is 0 Å². The molecule has 4 aromatic rings. The number of nitrogens with one attached hydrogen (secondary N) is 2. The summed E-state index contributed by atoms with van der Waals surface area (Å²) in [6, 6.07) is 15.2. The fraction of sp³-hybridized carbons (Fsp3) is 0.250. The number of aromatic amines is 1. The molecule has 1 aromatic carbocycles. The van der Waals surface area contributed by atoms with Gasteiger partial charge in [0.1, 0.15) is 0 Å². The predicted molar refractivity (Wildman–Crippen MR) is 119 cm³/mol. The van der Waals surface area contributed by atoms with Gasteiger partial charge in [-0.05, 0) is 55.3 Å². The molecule has 1 saturated heterocycles. The molecule has 5 heteroatoms. The molecule has 146 valence electrons. The topological polar surface area (TPSA) is 56.8 Å². The number of piperazine rings is 1. The Morgan fingerprint density at radius 1 is 0.862 bits per heavy atom. The van der Waals surface area contributed by atoms with E-state index in [0.717, 1.165) is 59.7 Å². The van der Waals surface area contributed by atoms with Crippen LogP contribution in [0, 0.1) is 13.8 Å². The normalized spacial score (nSPS) is 14.5. The van der Waals surface area contributed by atoms with Crippen molar-refractivity contribution in [3.63, 3.8) is 0 Å². The number of hydrogen-bond acceptors (Lipinski definition) is 4. The van der Waals surface area contributed by atoms with Gasteiger partial charge in [-0.1, -0.05) is 12.1 Å². The molecular weight excluding hydrogens is 358 g/mol. The highest BCUT2D eigenvalue weighted by atomic mass is 15.2. The molecule has 0 saturated carbocycles. The lowest BCUT2D eigenvalue weighted by molar-refractivity contribution is 0.589. The Bertz CT molecular complexity index is 1150. The van der Waals surface area contributed by atoms with Gasteiger partial charge in [-0.25, -0.2) is 0 Å². The van der Waals surface area contributed by atoms with Crippen molar-refractivity contribution in [2.45, 2.75) is 13.8 Å². The first-order valence-electron chi connectivity index (χ1n) is 10.2. The van der Waals surface area contributed by atoms with Crippen LogP contribution < -0.4 is 10.2 Å². The summed E-state index contributed by atoms with van der Waals surface area (Å²) in [5.74, 6) is 0. The Hall–Kier alpha value is -3.18. The SMILES string of the molecule is Cc1cc(-c2cnc3c(C)c(-c4ccc(N5CCNCC5)cc4)[nH]c3c2)ccn1. The van der Waals surface area contributed by atoms with Gasteiger partial charge in [-0.15, -0.1) is 0 Å². The van der Waals surface area contributed by atoms with Crippen LogP contribution in [-0.2, 0) is 0 Å². The maximum absolute atomic E-state index is 4.76. The maximum Gasteiger partial charge on any atom is 0.0914 e. The fourth-order valence-electron chi connectivity index (χ4n) is 4.14. The zero-order valence-corrected chi connectivity index (χ0v) is 16.9. The lowest BCUT2D eigenvalue weighted by Crippen LogP contribution is -2.43. The second-order valence-corrected chi connectivity index (χ2v) is 7.71. The van der Waals surface area contributed by atoms with E-state index in [0.29, 0.717) is 0 Å². The van der Waals surface area contributed by atoms with E-state index >= 15 is 0 Å². The van der Waals surface area contributed by atoms with E-state index < -0.39 is 0 Å². The van der Waals surface area contributed by atoms with Crippen LogP contribution >= 0.6 is 0 Å². The standard InChI is InChI=1S/C24H25N5/c1-16-13-19(7-8-26-16)20-14-22-24(27-15-20)17(2)23(28-22)18-3-5-21(6-4-18)29-11-9-25-10-12-29/h3-8,13-15,25,28H,9-12H2,1-2H3. The lowest BCUT2D eigenvalue weighted by Gasteiger charge is -2.29. The predicted octanol–water partition coefficient (Wildman–Crippen LogP) is 4.32. The summed E-state index contributed by atoms with van der Waals surface area (Å²) in [4.78, 5) is 15.1. The molecular formula is C24H25N5. The molecule has 5 nitrogen and oxygen atoms in total. The van der Waals surface area contributed by atoms with Crippen molar-refractivity contribution in [3.05, 3.63) is 66.1 Å². The van der Waals surface area contributed by atoms with Gasteiger partial charge in [0.2, 0.25) is 0 Å². The number of anilines is 1. The highest BCUT2D eigenvalue weighted by Crippen LogP contribution is 2.32. The Balaban J connectivity index is 1.49. The molecule has 0 amide bonds. The number of hydrogen-bond donors (Lipinski definition) is 2. The van der Waals surface area contributed by atoms with E-state index in [-0.39, 0.29) is 0 Å². The highest BCUT2D eigenvalue weighted by Gasteiger charge is 2.14. The number of benzene rings is 1. The average molecular weight is 383 g/mol.